The third-order valence-corrected chi connectivity index (χ3v) is 7.00. The van der Waals surface area contributed by atoms with Crippen molar-refractivity contribution in [3.63, 3.8) is 0 Å². The minimum atomic E-state index is -1.24. The van der Waals surface area contributed by atoms with E-state index in [0.717, 1.165) is 10.9 Å². The number of para-hydroxylation sites is 1. The van der Waals surface area contributed by atoms with Crippen molar-refractivity contribution >= 4 is 40.3 Å². The number of fused-ring (bicyclic) bond motifs is 1. The fourth-order valence-electron chi connectivity index (χ4n) is 4.81. The third-order valence-electron chi connectivity index (χ3n) is 7.00. The standard InChI is InChI=1S/C31H35N5O5/c1-19(2)16-26(36-29(39)24-13-12-21-10-6-7-11-23(21)34-24)30(40)35-25(17-22-14-15-32-28(22)38)27(37)31(41)33-18-20-8-4-3-5-9-20/h3-13,19,22,25-26H,14-18H2,1-2H3,(H,32,38)(H,33,41)(H,35,40)(H,36,39)/t22-,25-,26-/m0/s1. The lowest BCUT2D eigenvalue weighted by Gasteiger charge is -2.24. The summed E-state index contributed by atoms with van der Waals surface area (Å²) >= 11 is 0. The van der Waals surface area contributed by atoms with Crippen LogP contribution in [0, 0.1) is 11.8 Å². The smallest absolute Gasteiger partial charge is 0.289 e. The van der Waals surface area contributed by atoms with E-state index < -0.39 is 41.5 Å². The Balaban J connectivity index is 1.48. The van der Waals surface area contributed by atoms with Crippen molar-refractivity contribution in [2.45, 2.75) is 51.7 Å². The van der Waals surface area contributed by atoms with E-state index in [1.165, 1.54) is 0 Å². The van der Waals surface area contributed by atoms with E-state index in [0.29, 0.717) is 18.5 Å². The quantitative estimate of drug-likeness (QED) is 0.251. The first-order valence-electron chi connectivity index (χ1n) is 13.8. The number of benzene rings is 2. The Labute approximate surface area is 238 Å². The second-order valence-corrected chi connectivity index (χ2v) is 10.7. The second kappa shape index (κ2) is 13.6. The highest BCUT2D eigenvalue weighted by Gasteiger charge is 2.35. The predicted molar refractivity (Wildman–Crippen MR) is 153 cm³/mol. The van der Waals surface area contributed by atoms with Crippen LogP contribution >= 0.6 is 0 Å². The molecule has 1 saturated heterocycles. The predicted octanol–water partition coefficient (Wildman–Crippen LogP) is 2.28. The van der Waals surface area contributed by atoms with E-state index >= 15 is 0 Å². The summed E-state index contributed by atoms with van der Waals surface area (Å²) < 4.78 is 0. The van der Waals surface area contributed by atoms with Gasteiger partial charge in [0.05, 0.1) is 11.6 Å². The molecule has 0 unspecified atom stereocenters. The second-order valence-electron chi connectivity index (χ2n) is 10.7. The van der Waals surface area contributed by atoms with E-state index in [-0.39, 0.29) is 36.9 Å². The van der Waals surface area contributed by atoms with Crippen molar-refractivity contribution in [3.05, 3.63) is 78.0 Å². The van der Waals surface area contributed by atoms with Crippen LogP contribution in [0.25, 0.3) is 10.9 Å². The van der Waals surface area contributed by atoms with Crippen LogP contribution in [0.5, 0.6) is 0 Å². The van der Waals surface area contributed by atoms with Gasteiger partial charge in [-0.2, -0.15) is 0 Å². The van der Waals surface area contributed by atoms with Gasteiger partial charge in [-0.15, -0.1) is 0 Å². The number of nitrogens with zero attached hydrogens (tertiary/aromatic N) is 1. The van der Waals surface area contributed by atoms with E-state index in [1.807, 2.05) is 62.4 Å². The first-order valence-corrected chi connectivity index (χ1v) is 13.8. The molecule has 0 bridgehead atoms. The molecule has 4 rings (SSSR count). The monoisotopic (exact) mass is 557 g/mol. The van der Waals surface area contributed by atoms with Crippen LogP contribution < -0.4 is 21.3 Å². The molecule has 10 nitrogen and oxygen atoms in total. The molecule has 1 aliphatic rings. The lowest BCUT2D eigenvalue weighted by molar-refractivity contribution is -0.141. The van der Waals surface area contributed by atoms with Crippen LogP contribution in [-0.4, -0.2) is 53.0 Å². The molecule has 0 spiro atoms. The number of Topliss-reactive ketones (excluding diaryl/α,β-unsaturated/α-hetero) is 1. The number of ketones is 1. The number of pyridine rings is 1. The van der Waals surface area contributed by atoms with Crippen molar-refractivity contribution in [2.75, 3.05) is 6.54 Å². The Kier molecular flexibility index (Phi) is 9.78. The lowest BCUT2D eigenvalue weighted by atomic mass is 9.94. The number of carbonyl (C=O) groups excluding carboxylic acids is 5. The Hall–Kier alpha value is -4.60. The highest BCUT2D eigenvalue weighted by molar-refractivity contribution is 6.38. The van der Waals surface area contributed by atoms with Gasteiger partial charge in [0.2, 0.25) is 17.6 Å². The molecule has 1 fully saturated rings. The minimum absolute atomic E-state index is 0.0241. The molecule has 3 aromatic rings. The van der Waals surface area contributed by atoms with Crippen molar-refractivity contribution in [3.8, 4) is 0 Å². The summed E-state index contributed by atoms with van der Waals surface area (Å²) in [6.07, 6.45) is 0.754. The van der Waals surface area contributed by atoms with Gasteiger partial charge in [0.1, 0.15) is 11.7 Å². The van der Waals surface area contributed by atoms with Crippen molar-refractivity contribution in [2.24, 2.45) is 11.8 Å². The molecule has 1 aromatic heterocycles. The average molecular weight is 558 g/mol. The molecule has 41 heavy (non-hydrogen) atoms. The fraction of sp³-hybridized carbons (Fsp3) is 0.355. The number of hydrogen-bond donors (Lipinski definition) is 4. The summed E-state index contributed by atoms with van der Waals surface area (Å²) in [4.78, 5) is 69.4. The van der Waals surface area contributed by atoms with Crippen LogP contribution in [0.3, 0.4) is 0 Å². The summed E-state index contributed by atoms with van der Waals surface area (Å²) in [6.45, 7) is 4.41. The number of aromatic nitrogens is 1. The Morgan fingerprint density at radius 1 is 0.927 bits per heavy atom. The van der Waals surface area contributed by atoms with Crippen molar-refractivity contribution < 1.29 is 24.0 Å². The van der Waals surface area contributed by atoms with Crippen LogP contribution in [-0.2, 0) is 25.7 Å². The normalized spacial score (nSPS) is 16.1. The van der Waals surface area contributed by atoms with Gasteiger partial charge in [-0.1, -0.05) is 68.4 Å². The average Bonchev–Trinajstić information content (AvgIpc) is 3.38. The van der Waals surface area contributed by atoms with Gasteiger partial charge >= 0.3 is 0 Å². The van der Waals surface area contributed by atoms with Gasteiger partial charge in [-0.05, 0) is 42.9 Å². The minimum Gasteiger partial charge on any atom is -0.356 e. The van der Waals surface area contributed by atoms with Crippen LogP contribution in [0.15, 0.2) is 66.7 Å². The van der Waals surface area contributed by atoms with Gasteiger partial charge < -0.3 is 21.3 Å². The maximum Gasteiger partial charge on any atom is 0.289 e. The molecule has 4 N–H and O–H groups in total. The van der Waals surface area contributed by atoms with E-state index in [1.54, 1.807) is 18.2 Å². The van der Waals surface area contributed by atoms with Crippen LogP contribution in [0.2, 0.25) is 0 Å². The first-order chi connectivity index (χ1) is 19.7. The zero-order valence-electron chi connectivity index (χ0n) is 23.2. The van der Waals surface area contributed by atoms with E-state index in [9.17, 15) is 24.0 Å². The molecule has 2 aromatic carbocycles. The zero-order valence-corrected chi connectivity index (χ0v) is 23.2. The van der Waals surface area contributed by atoms with E-state index in [4.69, 9.17) is 0 Å². The topological polar surface area (TPSA) is 146 Å². The molecule has 4 amide bonds. The molecule has 2 heterocycles. The number of rotatable bonds is 12. The molecular weight excluding hydrogens is 522 g/mol. The van der Waals surface area contributed by atoms with Gasteiger partial charge in [-0.25, -0.2) is 4.98 Å². The molecule has 0 radical (unpaired) electrons. The molecule has 214 valence electrons. The van der Waals surface area contributed by atoms with Crippen LogP contribution in [0.1, 0.15) is 49.2 Å². The molecular formula is C31H35N5O5. The van der Waals surface area contributed by atoms with Crippen LogP contribution in [0.4, 0.5) is 0 Å². The molecule has 0 saturated carbocycles. The number of amides is 4. The highest BCUT2D eigenvalue weighted by atomic mass is 16.2. The summed E-state index contributed by atoms with van der Waals surface area (Å²) in [5, 5.41) is 11.6. The Morgan fingerprint density at radius 3 is 2.37 bits per heavy atom. The van der Waals surface area contributed by atoms with Crippen molar-refractivity contribution in [1.29, 1.82) is 0 Å². The molecule has 10 heteroatoms. The van der Waals surface area contributed by atoms with Crippen molar-refractivity contribution in [1.82, 2.24) is 26.3 Å². The summed E-state index contributed by atoms with van der Waals surface area (Å²) in [5.41, 5.74) is 1.61. The summed E-state index contributed by atoms with van der Waals surface area (Å²) in [7, 11) is 0. The molecule has 1 aliphatic heterocycles. The largest absolute Gasteiger partial charge is 0.356 e. The van der Waals surface area contributed by atoms with Gasteiger partial charge in [0.15, 0.2) is 0 Å². The fourth-order valence-corrected chi connectivity index (χ4v) is 4.81. The first kappa shape index (κ1) is 29.4. The van der Waals surface area contributed by atoms with Gasteiger partial charge in [-0.3, -0.25) is 24.0 Å². The molecule has 0 aliphatic carbocycles. The van der Waals surface area contributed by atoms with Gasteiger partial charge in [0, 0.05) is 24.4 Å². The lowest BCUT2D eigenvalue weighted by Crippen LogP contribution is -2.54. The highest BCUT2D eigenvalue weighted by Crippen LogP contribution is 2.18. The number of hydrogen-bond acceptors (Lipinski definition) is 6. The molecule has 3 atom stereocenters. The maximum atomic E-state index is 13.5. The van der Waals surface area contributed by atoms with Gasteiger partial charge in [0.25, 0.3) is 11.8 Å². The van der Waals surface area contributed by atoms with E-state index in [2.05, 4.69) is 26.3 Å². The Morgan fingerprint density at radius 2 is 1.66 bits per heavy atom. The maximum absolute atomic E-state index is 13.5. The third kappa shape index (κ3) is 7.97. The summed E-state index contributed by atoms with van der Waals surface area (Å²) in [5.74, 6) is -3.57. The number of carbonyl (C=O) groups is 5. The zero-order chi connectivity index (χ0) is 29.4. The number of nitrogens with one attached hydrogen (secondary N) is 4. The Bertz CT molecular complexity index is 1420. The SMILES string of the molecule is CC(C)C[C@H](NC(=O)c1ccc2ccccc2n1)C(=O)N[C@@H](C[C@@H]1CCNC1=O)C(=O)C(=O)NCc1ccccc1. The summed E-state index contributed by atoms with van der Waals surface area (Å²) in [6, 6.07) is 17.6.